The maximum Gasteiger partial charge on any atom is 0.222 e. The van der Waals surface area contributed by atoms with Crippen LogP contribution in [0.25, 0.3) is 0 Å². The Labute approximate surface area is 76.1 Å². The Kier molecular flexibility index (Phi) is 3.37. The molecule has 3 heteroatoms. The largest absolute Gasteiger partial charge is 0.342 e. The maximum absolute atomic E-state index is 11.2. The summed E-state index contributed by atoms with van der Waals surface area (Å²) >= 11 is 3.35. The van der Waals surface area contributed by atoms with Gasteiger partial charge in [0.15, 0.2) is 0 Å². The van der Waals surface area contributed by atoms with Crippen molar-refractivity contribution in [3.05, 3.63) is 0 Å². The van der Waals surface area contributed by atoms with E-state index in [1.807, 2.05) is 4.90 Å². The lowest BCUT2D eigenvalue weighted by Gasteiger charge is -2.14. The third-order valence-electron chi connectivity index (χ3n) is 1.97. The van der Waals surface area contributed by atoms with Crippen LogP contribution >= 0.6 is 15.9 Å². The quantitative estimate of drug-likeness (QED) is 0.662. The van der Waals surface area contributed by atoms with E-state index in [2.05, 4.69) is 22.9 Å². The molecule has 1 saturated heterocycles. The molecular formula is C8H14BrNO. The van der Waals surface area contributed by atoms with Crippen LogP contribution in [0.2, 0.25) is 0 Å². The first-order chi connectivity index (χ1) is 5.24. The summed E-state index contributed by atoms with van der Waals surface area (Å²) in [4.78, 5) is 13.2. The van der Waals surface area contributed by atoms with Gasteiger partial charge in [-0.15, -0.1) is 0 Å². The second-order valence-corrected chi connectivity index (χ2v) is 3.98. The summed E-state index contributed by atoms with van der Waals surface area (Å²) < 4.78 is 0. The van der Waals surface area contributed by atoms with Crippen molar-refractivity contribution >= 4 is 21.8 Å². The van der Waals surface area contributed by atoms with Crippen LogP contribution in [-0.2, 0) is 4.79 Å². The molecule has 1 aliphatic heterocycles. The molecule has 0 aromatic carbocycles. The molecule has 11 heavy (non-hydrogen) atoms. The van der Waals surface area contributed by atoms with Crippen LogP contribution in [0.1, 0.15) is 19.8 Å². The van der Waals surface area contributed by atoms with Gasteiger partial charge in [-0.25, -0.2) is 0 Å². The molecule has 1 atom stereocenters. The van der Waals surface area contributed by atoms with E-state index in [4.69, 9.17) is 0 Å². The van der Waals surface area contributed by atoms with Crippen molar-refractivity contribution in [2.75, 3.05) is 18.4 Å². The van der Waals surface area contributed by atoms with Crippen LogP contribution in [0.4, 0.5) is 0 Å². The lowest BCUT2D eigenvalue weighted by Crippen LogP contribution is -2.26. The summed E-state index contributed by atoms with van der Waals surface area (Å²) in [6.45, 7) is 4.02. The van der Waals surface area contributed by atoms with Crippen molar-refractivity contribution in [2.45, 2.75) is 19.8 Å². The van der Waals surface area contributed by atoms with Gasteiger partial charge in [0.05, 0.1) is 0 Å². The van der Waals surface area contributed by atoms with Crippen molar-refractivity contribution in [1.29, 1.82) is 0 Å². The highest BCUT2D eigenvalue weighted by Crippen LogP contribution is 2.16. The number of carbonyl (C=O) groups is 1. The molecule has 1 rings (SSSR count). The fourth-order valence-electron chi connectivity index (χ4n) is 1.44. The Morgan fingerprint density at radius 2 is 2.45 bits per heavy atom. The standard InChI is InChI=1S/C8H14BrNO/c1-7-5-8(11)10(6-7)4-2-3-9/h7H,2-6H2,1H3. The number of hydrogen-bond acceptors (Lipinski definition) is 1. The van der Waals surface area contributed by atoms with Gasteiger partial charge in [0.2, 0.25) is 5.91 Å². The molecule has 0 radical (unpaired) electrons. The number of hydrogen-bond donors (Lipinski definition) is 0. The average molecular weight is 220 g/mol. The predicted molar refractivity (Wildman–Crippen MR) is 48.8 cm³/mol. The van der Waals surface area contributed by atoms with Gasteiger partial charge in [0, 0.05) is 24.8 Å². The maximum atomic E-state index is 11.2. The molecule has 0 aromatic heterocycles. The van der Waals surface area contributed by atoms with Gasteiger partial charge in [-0.3, -0.25) is 4.79 Å². The molecule has 0 aliphatic carbocycles. The van der Waals surface area contributed by atoms with E-state index in [-0.39, 0.29) is 0 Å². The number of alkyl halides is 1. The van der Waals surface area contributed by atoms with Gasteiger partial charge in [-0.05, 0) is 12.3 Å². The second-order valence-electron chi connectivity index (χ2n) is 3.19. The van der Waals surface area contributed by atoms with Crippen molar-refractivity contribution in [1.82, 2.24) is 4.90 Å². The number of likely N-dealkylation sites (tertiary alicyclic amines) is 1. The zero-order valence-electron chi connectivity index (χ0n) is 6.85. The summed E-state index contributed by atoms with van der Waals surface area (Å²) in [5, 5.41) is 0.991. The Morgan fingerprint density at radius 3 is 2.91 bits per heavy atom. The molecule has 0 N–H and O–H groups in total. The van der Waals surface area contributed by atoms with Crippen LogP contribution in [-0.4, -0.2) is 29.2 Å². The minimum absolute atomic E-state index is 0.332. The fourth-order valence-corrected chi connectivity index (χ4v) is 1.69. The Balaban J connectivity index is 2.29. The Bertz CT molecular complexity index is 149. The Hall–Kier alpha value is -0.0500. The molecule has 1 amide bonds. The molecule has 0 spiro atoms. The lowest BCUT2D eigenvalue weighted by atomic mass is 10.2. The first kappa shape index (κ1) is 9.04. The van der Waals surface area contributed by atoms with Gasteiger partial charge in [0.1, 0.15) is 0 Å². The number of rotatable bonds is 3. The fraction of sp³-hybridized carbons (Fsp3) is 0.875. The SMILES string of the molecule is CC1CC(=O)N(CCCBr)C1. The summed E-state index contributed by atoms with van der Waals surface area (Å²) in [5.41, 5.74) is 0. The van der Waals surface area contributed by atoms with E-state index < -0.39 is 0 Å². The highest BCUT2D eigenvalue weighted by atomic mass is 79.9. The first-order valence-electron chi connectivity index (χ1n) is 4.07. The molecule has 1 heterocycles. The molecular weight excluding hydrogens is 206 g/mol. The zero-order chi connectivity index (χ0) is 8.27. The molecule has 1 unspecified atom stereocenters. The zero-order valence-corrected chi connectivity index (χ0v) is 8.43. The van der Waals surface area contributed by atoms with Crippen LogP contribution in [0, 0.1) is 5.92 Å². The third-order valence-corrected chi connectivity index (χ3v) is 2.53. The van der Waals surface area contributed by atoms with Crippen LogP contribution in [0.15, 0.2) is 0 Å². The highest BCUT2D eigenvalue weighted by molar-refractivity contribution is 9.09. The van der Waals surface area contributed by atoms with E-state index in [1.54, 1.807) is 0 Å². The average Bonchev–Trinajstić information content (AvgIpc) is 2.26. The van der Waals surface area contributed by atoms with Crippen molar-refractivity contribution in [3.63, 3.8) is 0 Å². The molecule has 2 nitrogen and oxygen atoms in total. The normalized spacial score (nSPS) is 24.7. The Morgan fingerprint density at radius 1 is 1.73 bits per heavy atom. The molecule has 1 aliphatic rings. The topological polar surface area (TPSA) is 20.3 Å². The molecule has 1 fully saturated rings. The van der Waals surface area contributed by atoms with Crippen LogP contribution < -0.4 is 0 Å². The van der Waals surface area contributed by atoms with E-state index >= 15 is 0 Å². The predicted octanol–water partition coefficient (Wildman–Crippen LogP) is 1.64. The smallest absolute Gasteiger partial charge is 0.222 e. The van der Waals surface area contributed by atoms with Gasteiger partial charge >= 0.3 is 0 Å². The summed E-state index contributed by atoms with van der Waals surface area (Å²) in [6, 6.07) is 0. The third kappa shape index (κ3) is 2.47. The second kappa shape index (κ2) is 4.10. The highest BCUT2D eigenvalue weighted by Gasteiger charge is 2.25. The number of halogens is 1. The van der Waals surface area contributed by atoms with Gasteiger partial charge in [-0.1, -0.05) is 22.9 Å². The monoisotopic (exact) mass is 219 g/mol. The number of nitrogens with zero attached hydrogens (tertiary/aromatic N) is 1. The van der Waals surface area contributed by atoms with E-state index in [9.17, 15) is 4.79 Å². The van der Waals surface area contributed by atoms with Gasteiger partial charge < -0.3 is 4.90 Å². The molecule has 64 valence electrons. The van der Waals surface area contributed by atoms with E-state index in [0.717, 1.165) is 31.3 Å². The number of amides is 1. The van der Waals surface area contributed by atoms with Crippen molar-refractivity contribution in [2.24, 2.45) is 5.92 Å². The minimum atomic E-state index is 0.332. The summed E-state index contributed by atoms with van der Waals surface area (Å²) in [7, 11) is 0. The minimum Gasteiger partial charge on any atom is -0.342 e. The summed E-state index contributed by atoms with van der Waals surface area (Å²) in [6.07, 6.45) is 1.82. The molecule has 0 bridgehead atoms. The molecule has 0 aromatic rings. The van der Waals surface area contributed by atoms with E-state index in [1.165, 1.54) is 0 Å². The van der Waals surface area contributed by atoms with Gasteiger partial charge in [-0.2, -0.15) is 0 Å². The lowest BCUT2D eigenvalue weighted by molar-refractivity contribution is -0.127. The van der Waals surface area contributed by atoms with E-state index in [0.29, 0.717) is 11.8 Å². The van der Waals surface area contributed by atoms with Crippen molar-refractivity contribution < 1.29 is 4.79 Å². The van der Waals surface area contributed by atoms with Crippen LogP contribution in [0.3, 0.4) is 0 Å². The number of carbonyl (C=O) groups excluding carboxylic acids is 1. The summed E-state index contributed by atoms with van der Waals surface area (Å²) in [5.74, 6) is 0.899. The molecule has 0 saturated carbocycles. The first-order valence-corrected chi connectivity index (χ1v) is 5.20. The van der Waals surface area contributed by atoms with Crippen LogP contribution in [0.5, 0.6) is 0 Å². The van der Waals surface area contributed by atoms with Gasteiger partial charge in [0.25, 0.3) is 0 Å². The van der Waals surface area contributed by atoms with Crippen molar-refractivity contribution in [3.8, 4) is 0 Å².